The van der Waals surface area contributed by atoms with Crippen LogP contribution in [0.15, 0.2) is 63.7 Å². The van der Waals surface area contributed by atoms with E-state index in [1.165, 1.54) is 0 Å². The van der Waals surface area contributed by atoms with E-state index >= 15 is 0 Å². The van der Waals surface area contributed by atoms with Crippen LogP contribution in [0.25, 0.3) is 10.8 Å². The molecule has 0 aliphatic rings. The van der Waals surface area contributed by atoms with Gasteiger partial charge in [0.2, 0.25) is 0 Å². The number of hydrogen-bond acceptors (Lipinski definition) is 2. The average molecular weight is 303 g/mol. The van der Waals surface area contributed by atoms with Gasteiger partial charge in [0.15, 0.2) is 4.67 Å². The van der Waals surface area contributed by atoms with Crippen LogP contribution in [0, 0.1) is 0 Å². The molecule has 0 saturated heterocycles. The van der Waals surface area contributed by atoms with Crippen LogP contribution in [-0.2, 0) is 0 Å². The van der Waals surface area contributed by atoms with Gasteiger partial charge in [0.1, 0.15) is 11.9 Å². The number of hydrogen-bond donors (Lipinski definition) is 1. The zero-order valence-electron chi connectivity index (χ0n) is 9.51. The van der Waals surface area contributed by atoms with Gasteiger partial charge in [-0.1, -0.05) is 36.4 Å². The van der Waals surface area contributed by atoms with Gasteiger partial charge in [-0.25, -0.2) is 0 Å². The summed E-state index contributed by atoms with van der Waals surface area (Å²) in [5, 5.41) is 12.5. The molecule has 0 saturated carbocycles. The summed E-state index contributed by atoms with van der Waals surface area (Å²) in [6.45, 7) is 0. The first-order valence-corrected chi connectivity index (χ1v) is 6.45. The Hall–Kier alpha value is -1.58. The first-order valence-electron chi connectivity index (χ1n) is 5.66. The molecule has 0 aliphatic heterocycles. The molecule has 90 valence electrons. The fraction of sp³-hybridized carbons (Fsp3) is 0.0667. The van der Waals surface area contributed by atoms with E-state index in [0.29, 0.717) is 10.4 Å². The summed E-state index contributed by atoms with van der Waals surface area (Å²) in [6, 6.07) is 17.5. The standard InChI is InChI=1S/C15H11BrO2/c16-14-8-7-13(18-14)15(17)12-6-5-10-3-1-2-4-11(10)9-12/h1-9,15,17H. The average Bonchev–Trinajstić information content (AvgIpc) is 2.84. The minimum atomic E-state index is -0.735. The Bertz CT molecular complexity index is 688. The highest BCUT2D eigenvalue weighted by atomic mass is 79.9. The number of furan rings is 1. The molecular weight excluding hydrogens is 292 g/mol. The van der Waals surface area contributed by atoms with Gasteiger partial charge in [-0.15, -0.1) is 0 Å². The minimum absolute atomic E-state index is 0.539. The maximum Gasteiger partial charge on any atom is 0.169 e. The van der Waals surface area contributed by atoms with E-state index in [1.54, 1.807) is 12.1 Å². The van der Waals surface area contributed by atoms with Gasteiger partial charge in [-0.3, -0.25) is 0 Å². The van der Waals surface area contributed by atoms with Crippen LogP contribution in [0.1, 0.15) is 17.4 Å². The van der Waals surface area contributed by atoms with E-state index in [0.717, 1.165) is 16.3 Å². The molecule has 2 aromatic carbocycles. The van der Waals surface area contributed by atoms with Crippen molar-refractivity contribution in [2.45, 2.75) is 6.10 Å². The SMILES string of the molecule is OC(c1ccc2ccccc2c1)c1ccc(Br)o1. The summed E-state index contributed by atoms with van der Waals surface area (Å²) in [5.74, 6) is 0.539. The Morgan fingerprint density at radius 1 is 0.944 bits per heavy atom. The number of aliphatic hydroxyl groups is 1. The third-order valence-corrected chi connectivity index (χ3v) is 3.38. The molecule has 3 heteroatoms. The summed E-state index contributed by atoms with van der Waals surface area (Å²) < 4.78 is 6.00. The Morgan fingerprint density at radius 2 is 1.72 bits per heavy atom. The molecule has 0 fully saturated rings. The fourth-order valence-corrected chi connectivity index (χ4v) is 2.34. The molecule has 0 aliphatic carbocycles. The van der Waals surface area contributed by atoms with Crippen LogP contribution < -0.4 is 0 Å². The van der Waals surface area contributed by atoms with Crippen LogP contribution in [-0.4, -0.2) is 5.11 Å². The van der Waals surface area contributed by atoms with Crippen molar-refractivity contribution in [2.24, 2.45) is 0 Å². The normalized spacial score (nSPS) is 12.8. The van der Waals surface area contributed by atoms with E-state index in [2.05, 4.69) is 22.0 Å². The molecule has 0 bridgehead atoms. The summed E-state index contributed by atoms with van der Waals surface area (Å²) in [7, 11) is 0. The third kappa shape index (κ3) is 2.07. The predicted octanol–water partition coefficient (Wildman–Crippen LogP) is 4.28. The van der Waals surface area contributed by atoms with Crippen molar-refractivity contribution in [3.8, 4) is 0 Å². The van der Waals surface area contributed by atoms with Crippen molar-refractivity contribution in [1.82, 2.24) is 0 Å². The highest BCUT2D eigenvalue weighted by Crippen LogP contribution is 2.28. The second-order valence-corrected chi connectivity index (χ2v) is 4.93. The monoisotopic (exact) mass is 302 g/mol. The Morgan fingerprint density at radius 3 is 2.44 bits per heavy atom. The zero-order chi connectivity index (χ0) is 12.5. The second kappa shape index (κ2) is 4.59. The van der Waals surface area contributed by atoms with E-state index in [1.807, 2.05) is 36.4 Å². The van der Waals surface area contributed by atoms with E-state index in [9.17, 15) is 5.11 Å². The highest BCUT2D eigenvalue weighted by Gasteiger charge is 2.14. The predicted molar refractivity (Wildman–Crippen MR) is 74.4 cm³/mol. The van der Waals surface area contributed by atoms with Crippen molar-refractivity contribution in [3.05, 3.63) is 70.6 Å². The van der Waals surface area contributed by atoms with Crippen LogP contribution in [0.3, 0.4) is 0 Å². The van der Waals surface area contributed by atoms with Gasteiger partial charge < -0.3 is 9.52 Å². The van der Waals surface area contributed by atoms with Crippen molar-refractivity contribution in [3.63, 3.8) is 0 Å². The number of fused-ring (bicyclic) bond motifs is 1. The van der Waals surface area contributed by atoms with E-state index < -0.39 is 6.10 Å². The molecule has 18 heavy (non-hydrogen) atoms. The van der Waals surface area contributed by atoms with Crippen LogP contribution in [0.2, 0.25) is 0 Å². The van der Waals surface area contributed by atoms with Crippen molar-refractivity contribution < 1.29 is 9.52 Å². The molecular formula is C15H11BrO2. The lowest BCUT2D eigenvalue weighted by atomic mass is 10.0. The topological polar surface area (TPSA) is 33.4 Å². The fourth-order valence-electron chi connectivity index (χ4n) is 2.02. The Kier molecular flexibility index (Phi) is 2.94. The van der Waals surface area contributed by atoms with Gasteiger partial charge in [0.25, 0.3) is 0 Å². The molecule has 1 unspecified atom stereocenters. The van der Waals surface area contributed by atoms with Crippen LogP contribution >= 0.6 is 15.9 Å². The first-order chi connectivity index (χ1) is 8.74. The van der Waals surface area contributed by atoms with Crippen LogP contribution in [0.4, 0.5) is 0 Å². The van der Waals surface area contributed by atoms with E-state index in [-0.39, 0.29) is 0 Å². The first kappa shape index (κ1) is 11.5. The molecule has 3 rings (SSSR count). The third-order valence-electron chi connectivity index (χ3n) is 2.95. The molecule has 0 spiro atoms. The lowest BCUT2D eigenvalue weighted by Crippen LogP contribution is -1.97. The summed E-state index contributed by atoms with van der Waals surface area (Å²) in [5.41, 5.74) is 0.829. The molecule has 1 heterocycles. The molecule has 3 aromatic rings. The second-order valence-electron chi connectivity index (χ2n) is 4.15. The highest BCUT2D eigenvalue weighted by molar-refractivity contribution is 9.10. The Labute approximate surface area is 113 Å². The summed E-state index contributed by atoms with van der Waals surface area (Å²) >= 11 is 3.23. The Balaban J connectivity index is 2.03. The van der Waals surface area contributed by atoms with E-state index in [4.69, 9.17) is 4.42 Å². The maximum atomic E-state index is 10.3. The maximum absolute atomic E-state index is 10.3. The van der Waals surface area contributed by atoms with Gasteiger partial charge in [-0.2, -0.15) is 0 Å². The van der Waals surface area contributed by atoms with Gasteiger partial charge in [0, 0.05) is 0 Å². The van der Waals surface area contributed by atoms with Crippen molar-refractivity contribution in [2.75, 3.05) is 0 Å². The van der Waals surface area contributed by atoms with Crippen molar-refractivity contribution >= 4 is 26.7 Å². The number of benzene rings is 2. The minimum Gasteiger partial charge on any atom is -0.451 e. The quantitative estimate of drug-likeness (QED) is 0.766. The lowest BCUT2D eigenvalue weighted by molar-refractivity contribution is 0.188. The molecule has 1 aromatic heterocycles. The number of rotatable bonds is 2. The van der Waals surface area contributed by atoms with Crippen LogP contribution in [0.5, 0.6) is 0 Å². The molecule has 0 amide bonds. The molecule has 1 N–H and O–H groups in total. The summed E-state index contributed by atoms with van der Waals surface area (Å²) in [6.07, 6.45) is -0.735. The largest absolute Gasteiger partial charge is 0.451 e. The number of aliphatic hydroxyl groups excluding tert-OH is 1. The molecule has 0 radical (unpaired) electrons. The van der Waals surface area contributed by atoms with Gasteiger partial charge in [-0.05, 0) is 50.5 Å². The van der Waals surface area contributed by atoms with Gasteiger partial charge >= 0.3 is 0 Å². The number of halogens is 1. The van der Waals surface area contributed by atoms with Gasteiger partial charge in [0.05, 0.1) is 0 Å². The zero-order valence-corrected chi connectivity index (χ0v) is 11.1. The molecule has 2 nitrogen and oxygen atoms in total. The smallest absolute Gasteiger partial charge is 0.169 e. The van der Waals surface area contributed by atoms with Crippen molar-refractivity contribution in [1.29, 1.82) is 0 Å². The summed E-state index contributed by atoms with van der Waals surface area (Å²) in [4.78, 5) is 0. The molecule has 1 atom stereocenters. The lowest BCUT2D eigenvalue weighted by Gasteiger charge is -2.09.